The molecule has 2 rings (SSSR count). The average Bonchev–Trinajstić information content (AvgIpc) is 2.50. The van der Waals surface area contributed by atoms with Crippen LogP contribution in [-0.4, -0.2) is 17.6 Å². The summed E-state index contributed by atoms with van der Waals surface area (Å²) in [5, 5.41) is 15.7. The van der Waals surface area contributed by atoms with Crippen molar-refractivity contribution in [3.63, 3.8) is 0 Å². The number of rotatable bonds is 6. The predicted molar refractivity (Wildman–Crippen MR) is 83.9 cm³/mol. The fourth-order valence-electron chi connectivity index (χ4n) is 2.19. The molecule has 0 aromatic heterocycles. The molecule has 0 saturated carbocycles. The number of benzene rings is 2. The Morgan fingerprint density at radius 1 is 1.10 bits per heavy atom. The third kappa shape index (κ3) is 4.41. The first kappa shape index (κ1) is 15.2. The zero-order valence-electron chi connectivity index (χ0n) is 12.0. The Morgan fingerprint density at radius 3 is 2.43 bits per heavy atom. The zero-order valence-corrected chi connectivity index (χ0v) is 12.0. The number of nitrogens with one attached hydrogen (secondary N) is 2. The number of aliphatic hydroxyl groups is 1. The molecule has 1 amide bonds. The topological polar surface area (TPSA) is 61.4 Å². The standard InChI is InChI=1S/C17H20N2O2/c1-13(21)19-16-10-6-5-9-15(16)11-18-17(12-20)14-7-3-2-4-8-14/h2-10,17-18,20H,11-12H2,1H3,(H,19,21). The molecule has 1 atom stereocenters. The molecule has 2 aromatic carbocycles. The zero-order chi connectivity index (χ0) is 15.1. The highest BCUT2D eigenvalue weighted by Gasteiger charge is 2.10. The molecule has 110 valence electrons. The van der Waals surface area contributed by atoms with E-state index in [1.54, 1.807) is 0 Å². The lowest BCUT2D eigenvalue weighted by atomic mass is 10.1. The first-order chi connectivity index (χ1) is 10.2. The Labute approximate surface area is 124 Å². The number of aliphatic hydroxyl groups excluding tert-OH is 1. The van der Waals surface area contributed by atoms with Gasteiger partial charge in [-0.25, -0.2) is 0 Å². The SMILES string of the molecule is CC(=O)Nc1ccccc1CNC(CO)c1ccccc1. The van der Waals surface area contributed by atoms with Gasteiger partial charge >= 0.3 is 0 Å². The van der Waals surface area contributed by atoms with Gasteiger partial charge in [-0.3, -0.25) is 4.79 Å². The lowest BCUT2D eigenvalue weighted by Gasteiger charge is -2.18. The minimum absolute atomic E-state index is 0.0202. The van der Waals surface area contributed by atoms with Crippen molar-refractivity contribution in [3.8, 4) is 0 Å². The summed E-state index contributed by atoms with van der Waals surface area (Å²) in [6, 6.07) is 17.3. The predicted octanol–water partition coefficient (Wildman–Crippen LogP) is 2.47. The van der Waals surface area contributed by atoms with Gasteiger partial charge in [0.2, 0.25) is 5.91 Å². The second-order valence-electron chi connectivity index (χ2n) is 4.87. The van der Waals surface area contributed by atoms with Crippen LogP contribution in [0.3, 0.4) is 0 Å². The van der Waals surface area contributed by atoms with Crippen LogP contribution in [0.15, 0.2) is 54.6 Å². The molecule has 0 saturated heterocycles. The quantitative estimate of drug-likeness (QED) is 0.763. The monoisotopic (exact) mass is 284 g/mol. The summed E-state index contributed by atoms with van der Waals surface area (Å²) < 4.78 is 0. The van der Waals surface area contributed by atoms with Crippen molar-refractivity contribution in [1.29, 1.82) is 0 Å². The van der Waals surface area contributed by atoms with E-state index in [-0.39, 0.29) is 18.6 Å². The first-order valence-electron chi connectivity index (χ1n) is 6.95. The molecule has 0 bridgehead atoms. The van der Waals surface area contributed by atoms with Gasteiger partial charge < -0.3 is 15.7 Å². The van der Waals surface area contributed by atoms with Crippen molar-refractivity contribution >= 4 is 11.6 Å². The summed E-state index contributed by atoms with van der Waals surface area (Å²) in [5.41, 5.74) is 2.82. The molecular weight excluding hydrogens is 264 g/mol. The fraction of sp³-hybridized carbons (Fsp3) is 0.235. The van der Waals surface area contributed by atoms with Crippen LogP contribution in [0.1, 0.15) is 24.1 Å². The summed E-state index contributed by atoms with van der Waals surface area (Å²) >= 11 is 0. The summed E-state index contributed by atoms with van der Waals surface area (Å²) in [5.74, 6) is -0.0933. The van der Waals surface area contributed by atoms with Crippen LogP contribution in [0.2, 0.25) is 0 Å². The van der Waals surface area contributed by atoms with E-state index in [0.29, 0.717) is 6.54 Å². The molecule has 21 heavy (non-hydrogen) atoms. The molecule has 0 aliphatic carbocycles. The van der Waals surface area contributed by atoms with Crippen molar-refractivity contribution in [2.45, 2.75) is 19.5 Å². The van der Waals surface area contributed by atoms with Gasteiger partial charge in [-0.05, 0) is 17.2 Å². The third-order valence-electron chi connectivity index (χ3n) is 3.25. The number of hydrogen-bond donors (Lipinski definition) is 3. The van der Waals surface area contributed by atoms with E-state index < -0.39 is 0 Å². The molecule has 1 unspecified atom stereocenters. The molecule has 2 aromatic rings. The number of carbonyl (C=O) groups excluding carboxylic acids is 1. The van der Waals surface area contributed by atoms with Gasteiger partial charge in [0.1, 0.15) is 0 Å². The van der Waals surface area contributed by atoms with Crippen LogP contribution in [0, 0.1) is 0 Å². The molecule has 4 nitrogen and oxygen atoms in total. The van der Waals surface area contributed by atoms with E-state index in [1.165, 1.54) is 6.92 Å². The highest BCUT2D eigenvalue weighted by atomic mass is 16.3. The van der Waals surface area contributed by atoms with Crippen LogP contribution >= 0.6 is 0 Å². The second-order valence-corrected chi connectivity index (χ2v) is 4.87. The molecule has 0 aliphatic rings. The van der Waals surface area contributed by atoms with E-state index >= 15 is 0 Å². The van der Waals surface area contributed by atoms with E-state index in [9.17, 15) is 9.90 Å². The Bertz CT molecular complexity index is 584. The summed E-state index contributed by atoms with van der Waals surface area (Å²) in [6.07, 6.45) is 0. The molecule has 0 fully saturated rings. The smallest absolute Gasteiger partial charge is 0.221 e. The van der Waals surface area contributed by atoms with E-state index in [4.69, 9.17) is 0 Å². The van der Waals surface area contributed by atoms with E-state index in [2.05, 4.69) is 10.6 Å². The minimum atomic E-state index is -0.128. The maximum absolute atomic E-state index is 11.2. The fourth-order valence-corrected chi connectivity index (χ4v) is 2.19. The molecule has 0 spiro atoms. The number of amides is 1. The van der Waals surface area contributed by atoms with Crippen LogP contribution in [0.25, 0.3) is 0 Å². The van der Waals surface area contributed by atoms with Gasteiger partial charge in [-0.2, -0.15) is 0 Å². The highest BCUT2D eigenvalue weighted by molar-refractivity contribution is 5.89. The second kappa shape index (κ2) is 7.57. The number of anilines is 1. The minimum Gasteiger partial charge on any atom is -0.394 e. The van der Waals surface area contributed by atoms with Crippen molar-refractivity contribution in [2.75, 3.05) is 11.9 Å². The van der Waals surface area contributed by atoms with Gasteiger partial charge in [0.25, 0.3) is 0 Å². The highest BCUT2D eigenvalue weighted by Crippen LogP contribution is 2.17. The molecule has 0 heterocycles. The summed E-state index contributed by atoms with van der Waals surface area (Å²) in [7, 11) is 0. The summed E-state index contributed by atoms with van der Waals surface area (Å²) in [4.78, 5) is 11.2. The maximum atomic E-state index is 11.2. The molecule has 0 aliphatic heterocycles. The third-order valence-corrected chi connectivity index (χ3v) is 3.25. The van der Waals surface area contributed by atoms with Gasteiger partial charge in [0, 0.05) is 19.2 Å². The number of carbonyl (C=O) groups is 1. The van der Waals surface area contributed by atoms with Gasteiger partial charge in [0.05, 0.1) is 12.6 Å². The van der Waals surface area contributed by atoms with Crippen molar-refractivity contribution in [2.24, 2.45) is 0 Å². The Morgan fingerprint density at radius 2 is 1.76 bits per heavy atom. The lowest BCUT2D eigenvalue weighted by molar-refractivity contribution is -0.114. The Kier molecular flexibility index (Phi) is 5.49. The molecule has 3 N–H and O–H groups in total. The van der Waals surface area contributed by atoms with Crippen LogP contribution in [0.5, 0.6) is 0 Å². The number of hydrogen-bond acceptors (Lipinski definition) is 3. The number of para-hydroxylation sites is 1. The van der Waals surface area contributed by atoms with Crippen LogP contribution < -0.4 is 10.6 Å². The van der Waals surface area contributed by atoms with Gasteiger partial charge in [0.15, 0.2) is 0 Å². The van der Waals surface area contributed by atoms with Crippen molar-refractivity contribution in [3.05, 3.63) is 65.7 Å². The van der Waals surface area contributed by atoms with E-state index in [0.717, 1.165) is 16.8 Å². The average molecular weight is 284 g/mol. The largest absolute Gasteiger partial charge is 0.394 e. The summed E-state index contributed by atoms with van der Waals surface area (Å²) in [6.45, 7) is 2.08. The van der Waals surface area contributed by atoms with Gasteiger partial charge in [-0.15, -0.1) is 0 Å². The molecule has 4 heteroatoms. The van der Waals surface area contributed by atoms with E-state index in [1.807, 2.05) is 54.6 Å². The first-order valence-corrected chi connectivity index (χ1v) is 6.95. The van der Waals surface area contributed by atoms with Crippen molar-refractivity contribution in [1.82, 2.24) is 5.32 Å². The molecular formula is C17H20N2O2. The Hall–Kier alpha value is -2.17. The van der Waals surface area contributed by atoms with Crippen molar-refractivity contribution < 1.29 is 9.90 Å². The normalized spacial score (nSPS) is 11.9. The van der Waals surface area contributed by atoms with Crippen LogP contribution in [0.4, 0.5) is 5.69 Å². The maximum Gasteiger partial charge on any atom is 0.221 e. The lowest BCUT2D eigenvalue weighted by Crippen LogP contribution is -2.24. The van der Waals surface area contributed by atoms with Gasteiger partial charge in [-0.1, -0.05) is 48.5 Å². The van der Waals surface area contributed by atoms with Crippen LogP contribution in [-0.2, 0) is 11.3 Å². The Balaban J connectivity index is 2.06. The molecule has 0 radical (unpaired) electrons.